The zero-order valence-corrected chi connectivity index (χ0v) is 11.3. The number of hydrogen-bond donors (Lipinski definition) is 0. The van der Waals surface area contributed by atoms with E-state index in [0.29, 0.717) is 6.54 Å². The van der Waals surface area contributed by atoms with Crippen molar-refractivity contribution in [3.63, 3.8) is 0 Å². The Kier molecular flexibility index (Phi) is 3.34. The molecule has 1 heterocycles. The Labute approximate surface area is 95.9 Å². The first-order valence-corrected chi connectivity index (χ1v) is 6.05. The molecule has 1 aromatic rings. The number of aryl methyl sites for hydroxylation is 2. The summed E-state index contributed by atoms with van der Waals surface area (Å²) in [6, 6.07) is 0. The number of carbonyl (C=O) groups excluding carboxylic acids is 1. The van der Waals surface area contributed by atoms with Crippen molar-refractivity contribution in [2.45, 2.75) is 48.1 Å². The molecule has 1 aromatic heterocycles. The monoisotopic (exact) mass is 226 g/mol. The van der Waals surface area contributed by atoms with Crippen LogP contribution in [-0.2, 0) is 11.3 Å². The van der Waals surface area contributed by atoms with Crippen LogP contribution in [0.2, 0.25) is 0 Å². The lowest BCUT2D eigenvalue weighted by atomic mass is 9.91. The van der Waals surface area contributed by atoms with Crippen molar-refractivity contribution in [2.75, 3.05) is 0 Å². The average molecular weight is 226 g/mol. The van der Waals surface area contributed by atoms with Crippen molar-refractivity contribution in [2.24, 2.45) is 5.41 Å². The Morgan fingerprint density at radius 2 is 1.80 bits per heavy atom. The molecule has 0 amide bonds. The van der Waals surface area contributed by atoms with Crippen molar-refractivity contribution < 1.29 is 9.36 Å². The number of Topliss-reactive ketones (excluding diaryl/α,β-unsaturated/α-hetero) is 1. The highest BCUT2D eigenvalue weighted by Gasteiger charge is 2.28. The fraction of sp³-hybridized carbons (Fsp3) is 0.667. The predicted octanol–water partition coefficient (Wildman–Crippen LogP) is 2.58. The summed E-state index contributed by atoms with van der Waals surface area (Å²) >= 11 is 1.76. The molecule has 0 saturated heterocycles. The molecule has 1 rings (SSSR count). The average Bonchev–Trinajstić information content (AvgIpc) is 2.30. The van der Waals surface area contributed by atoms with Crippen molar-refractivity contribution in [1.82, 2.24) is 0 Å². The first kappa shape index (κ1) is 12.4. The third-order valence-electron chi connectivity index (χ3n) is 2.73. The van der Waals surface area contributed by atoms with Gasteiger partial charge in [-0.3, -0.25) is 4.79 Å². The van der Waals surface area contributed by atoms with Gasteiger partial charge in [-0.2, -0.15) is 4.57 Å². The molecule has 15 heavy (non-hydrogen) atoms. The van der Waals surface area contributed by atoms with E-state index >= 15 is 0 Å². The maximum Gasteiger partial charge on any atom is 0.234 e. The van der Waals surface area contributed by atoms with Crippen LogP contribution in [0.25, 0.3) is 0 Å². The highest BCUT2D eigenvalue weighted by atomic mass is 32.1. The maximum absolute atomic E-state index is 11.9. The quantitative estimate of drug-likeness (QED) is 0.710. The normalized spacial score (nSPS) is 11.9. The van der Waals surface area contributed by atoms with Gasteiger partial charge in [-0.1, -0.05) is 32.1 Å². The molecule has 0 saturated carbocycles. The number of aromatic nitrogens is 1. The summed E-state index contributed by atoms with van der Waals surface area (Å²) in [5.74, 6) is 0.288. The van der Waals surface area contributed by atoms with Gasteiger partial charge in [0.2, 0.25) is 17.3 Å². The van der Waals surface area contributed by atoms with E-state index in [1.165, 1.54) is 15.6 Å². The Morgan fingerprint density at radius 3 is 2.13 bits per heavy atom. The fourth-order valence-electron chi connectivity index (χ4n) is 1.39. The molecule has 84 valence electrons. The van der Waals surface area contributed by atoms with E-state index in [9.17, 15) is 4.79 Å². The Balaban J connectivity index is 2.95. The molecular formula is C12H20NOS+. The number of nitrogens with zero attached hydrogens (tertiary/aromatic N) is 1. The third kappa shape index (κ3) is 2.65. The van der Waals surface area contributed by atoms with Crippen molar-refractivity contribution in [3.05, 3.63) is 15.6 Å². The van der Waals surface area contributed by atoms with Crippen molar-refractivity contribution in [1.29, 1.82) is 0 Å². The molecule has 0 bridgehead atoms. The fourth-order valence-corrected chi connectivity index (χ4v) is 2.40. The van der Waals surface area contributed by atoms with Crippen LogP contribution in [0.4, 0.5) is 0 Å². The molecular weight excluding hydrogens is 206 g/mol. The van der Waals surface area contributed by atoms with Crippen LogP contribution in [0.1, 0.15) is 36.3 Å². The van der Waals surface area contributed by atoms with E-state index in [0.717, 1.165) is 0 Å². The summed E-state index contributed by atoms with van der Waals surface area (Å²) in [5.41, 5.74) is 0.969. The van der Waals surface area contributed by atoms with Crippen LogP contribution >= 0.6 is 11.3 Å². The van der Waals surface area contributed by atoms with E-state index in [4.69, 9.17) is 0 Å². The molecule has 0 aliphatic rings. The number of hydrogen-bond acceptors (Lipinski definition) is 2. The predicted molar refractivity (Wildman–Crippen MR) is 63.2 cm³/mol. The number of thiazole rings is 1. The molecule has 0 radical (unpaired) electrons. The molecule has 3 heteroatoms. The Hall–Kier alpha value is -0.700. The van der Waals surface area contributed by atoms with Gasteiger partial charge in [-0.15, -0.1) is 0 Å². The van der Waals surface area contributed by atoms with Crippen LogP contribution in [0, 0.1) is 26.2 Å². The molecule has 0 aromatic carbocycles. The van der Waals surface area contributed by atoms with Gasteiger partial charge in [0.15, 0.2) is 5.69 Å². The standard InChI is InChI=1S/C12H20NOS/c1-8-9(2)15-10(3)13(8)7-11(14)12(4,5)6/h7H2,1-6H3/q+1. The summed E-state index contributed by atoms with van der Waals surface area (Å²) in [5, 5.41) is 1.21. The first-order chi connectivity index (χ1) is 6.73. The van der Waals surface area contributed by atoms with E-state index in [1.54, 1.807) is 11.3 Å². The second kappa shape index (κ2) is 4.05. The first-order valence-electron chi connectivity index (χ1n) is 5.23. The van der Waals surface area contributed by atoms with Gasteiger partial charge in [0.25, 0.3) is 0 Å². The van der Waals surface area contributed by atoms with Crippen molar-refractivity contribution in [3.8, 4) is 0 Å². The largest absolute Gasteiger partial charge is 0.292 e. The minimum atomic E-state index is -0.248. The van der Waals surface area contributed by atoms with Crippen LogP contribution in [0.3, 0.4) is 0 Å². The SMILES string of the molecule is Cc1sc(C)[n+](CC(=O)C(C)(C)C)c1C. The minimum absolute atomic E-state index is 0.248. The lowest BCUT2D eigenvalue weighted by Crippen LogP contribution is -2.44. The smallest absolute Gasteiger partial charge is 0.234 e. The molecule has 0 unspecified atom stereocenters. The maximum atomic E-state index is 11.9. The van der Waals surface area contributed by atoms with Gasteiger partial charge >= 0.3 is 0 Å². The van der Waals surface area contributed by atoms with E-state index in [2.05, 4.69) is 25.3 Å². The molecule has 0 N–H and O–H groups in total. The number of rotatable bonds is 2. The van der Waals surface area contributed by atoms with Crippen LogP contribution in [-0.4, -0.2) is 5.78 Å². The second-order valence-corrected chi connectivity index (χ2v) is 6.43. The minimum Gasteiger partial charge on any atom is -0.292 e. The van der Waals surface area contributed by atoms with Crippen LogP contribution < -0.4 is 4.57 Å². The highest BCUT2D eigenvalue weighted by Crippen LogP contribution is 2.17. The summed E-state index contributed by atoms with van der Waals surface area (Å²) < 4.78 is 2.12. The Bertz CT molecular complexity index is 385. The van der Waals surface area contributed by atoms with E-state index in [-0.39, 0.29) is 11.2 Å². The molecule has 0 fully saturated rings. The van der Waals surface area contributed by atoms with E-state index in [1.807, 2.05) is 20.8 Å². The lowest BCUT2D eigenvalue weighted by molar-refractivity contribution is -0.691. The van der Waals surface area contributed by atoms with Crippen LogP contribution in [0.15, 0.2) is 0 Å². The third-order valence-corrected chi connectivity index (χ3v) is 3.85. The molecule has 0 atom stereocenters. The van der Waals surface area contributed by atoms with Gasteiger partial charge < -0.3 is 0 Å². The van der Waals surface area contributed by atoms with Gasteiger partial charge in [-0.25, -0.2) is 0 Å². The summed E-state index contributed by atoms with van der Waals surface area (Å²) in [6.45, 7) is 12.7. The van der Waals surface area contributed by atoms with Crippen molar-refractivity contribution >= 4 is 17.1 Å². The zero-order valence-electron chi connectivity index (χ0n) is 10.5. The second-order valence-electron chi connectivity index (χ2n) is 5.02. The number of carbonyl (C=O) groups is 1. The Morgan fingerprint density at radius 1 is 1.27 bits per heavy atom. The highest BCUT2D eigenvalue weighted by molar-refractivity contribution is 7.11. The van der Waals surface area contributed by atoms with Crippen LogP contribution in [0.5, 0.6) is 0 Å². The van der Waals surface area contributed by atoms with E-state index < -0.39 is 0 Å². The summed E-state index contributed by atoms with van der Waals surface area (Å²) in [7, 11) is 0. The summed E-state index contributed by atoms with van der Waals surface area (Å²) in [4.78, 5) is 13.2. The zero-order chi connectivity index (χ0) is 11.8. The molecule has 0 spiro atoms. The topological polar surface area (TPSA) is 20.9 Å². The molecule has 0 aliphatic heterocycles. The summed E-state index contributed by atoms with van der Waals surface area (Å²) in [6.07, 6.45) is 0. The lowest BCUT2D eigenvalue weighted by Gasteiger charge is -2.13. The van der Waals surface area contributed by atoms with Gasteiger partial charge in [0.05, 0.1) is 4.88 Å². The van der Waals surface area contributed by atoms with Gasteiger partial charge in [-0.05, 0) is 6.92 Å². The number of ketones is 1. The van der Waals surface area contributed by atoms with Gasteiger partial charge in [0, 0.05) is 19.3 Å². The van der Waals surface area contributed by atoms with Gasteiger partial charge in [0.1, 0.15) is 0 Å². The molecule has 2 nitrogen and oxygen atoms in total. The molecule has 0 aliphatic carbocycles.